The van der Waals surface area contributed by atoms with Crippen LogP contribution in [0.5, 0.6) is 11.5 Å². The lowest BCUT2D eigenvalue weighted by molar-refractivity contribution is -0.140. The second-order valence-electron chi connectivity index (χ2n) is 8.53. The molecule has 7 nitrogen and oxygen atoms in total. The minimum atomic E-state index is -0.666. The number of hydrogen-bond acceptors (Lipinski definition) is 5. The molecule has 1 aliphatic heterocycles. The van der Waals surface area contributed by atoms with E-state index >= 15 is 0 Å². The van der Waals surface area contributed by atoms with Gasteiger partial charge >= 0.3 is 0 Å². The second kappa shape index (κ2) is 9.81. The molecule has 2 aromatic rings. The van der Waals surface area contributed by atoms with E-state index < -0.39 is 5.41 Å². The molecule has 1 aromatic heterocycles. The summed E-state index contributed by atoms with van der Waals surface area (Å²) in [6, 6.07) is 11.0. The monoisotopic (exact) mass is 425 g/mol. The van der Waals surface area contributed by atoms with Crippen LogP contribution in [-0.2, 0) is 11.3 Å². The molecule has 1 aliphatic rings. The summed E-state index contributed by atoms with van der Waals surface area (Å²) in [7, 11) is 3.40. The van der Waals surface area contributed by atoms with Crippen molar-refractivity contribution in [1.82, 2.24) is 14.8 Å². The average Bonchev–Trinajstić information content (AvgIpc) is 2.78. The maximum Gasteiger partial charge on any atom is 0.272 e. The highest BCUT2D eigenvalue weighted by Gasteiger charge is 2.32. The molecule has 0 spiro atoms. The third-order valence-electron chi connectivity index (χ3n) is 5.46. The number of carbonyl (C=O) groups excluding carboxylic acids is 2. The number of carbonyl (C=O) groups is 2. The summed E-state index contributed by atoms with van der Waals surface area (Å²) in [5.41, 5.74) is 0.682. The first-order valence-electron chi connectivity index (χ1n) is 10.6. The summed E-state index contributed by atoms with van der Waals surface area (Å²) in [4.78, 5) is 33.8. The van der Waals surface area contributed by atoms with Gasteiger partial charge in [0.2, 0.25) is 5.91 Å². The van der Waals surface area contributed by atoms with E-state index in [0.29, 0.717) is 36.8 Å². The van der Waals surface area contributed by atoms with E-state index in [0.717, 1.165) is 18.4 Å². The van der Waals surface area contributed by atoms with Crippen LogP contribution in [-0.4, -0.2) is 60.5 Å². The highest BCUT2D eigenvalue weighted by Crippen LogP contribution is 2.31. The fraction of sp³-hybridized carbons (Fsp3) is 0.458. The van der Waals surface area contributed by atoms with Crippen LogP contribution in [0.4, 0.5) is 0 Å². The Hall–Kier alpha value is -3.09. The Morgan fingerprint density at radius 2 is 1.94 bits per heavy atom. The van der Waals surface area contributed by atoms with Crippen LogP contribution in [0.3, 0.4) is 0 Å². The Labute approximate surface area is 184 Å². The van der Waals surface area contributed by atoms with Gasteiger partial charge in [0.25, 0.3) is 5.91 Å². The Bertz CT molecular complexity index is 914. The van der Waals surface area contributed by atoms with Crippen LogP contribution in [0.15, 0.2) is 42.6 Å². The first-order chi connectivity index (χ1) is 14.8. The number of nitrogens with zero attached hydrogens (tertiary/aromatic N) is 3. The SMILES string of the molecule is COc1ccc2cc1OCC(C)(C)C(=O)N(C)CCCCN(C(=O)c1ccccn1)C2. The number of methoxy groups -OCH3 is 1. The van der Waals surface area contributed by atoms with E-state index in [2.05, 4.69) is 4.98 Å². The number of rotatable bonds is 2. The average molecular weight is 426 g/mol. The Morgan fingerprint density at radius 1 is 1.16 bits per heavy atom. The molecule has 0 atom stereocenters. The van der Waals surface area contributed by atoms with Gasteiger partial charge in [-0.1, -0.05) is 12.1 Å². The maximum absolute atomic E-state index is 13.1. The van der Waals surface area contributed by atoms with Crippen LogP contribution in [0.1, 0.15) is 42.7 Å². The highest BCUT2D eigenvalue weighted by molar-refractivity contribution is 5.92. The van der Waals surface area contributed by atoms with E-state index in [1.807, 2.05) is 45.2 Å². The van der Waals surface area contributed by atoms with E-state index in [-0.39, 0.29) is 18.4 Å². The summed E-state index contributed by atoms with van der Waals surface area (Å²) in [5, 5.41) is 0. The van der Waals surface area contributed by atoms with E-state index in [9.17, 15) is 9.59 Å². The van der Waals surface area contributed by atoms with Crippen molar-refractivity contribution in [3.63, 3.8) is 0 Å². The quantitative estimate of drug-likeness (QED) is 0.738. The minimum absolute atomic E-state index is 0.0288. The molecule has 2 amide bonds. The number of ether oxygens (including phenoxy) is 2. The molecule has 0 fully saturated rings. The molecule has 166 valence electrons. The molecule has 0 aliphatic carbocycles. The lowest BCUT2D eigenvalue weighted by Crippen LogP contribution is -2.42. The summed E-state index contributed by atoms with van der Waals surface area (Å²) in [6.45, 7) is 5.65. The van der Waals surface area contributed by atoms with E-state index in [1.54, 1.807) is 35.2 Å². The normalized spacial score (nSPS) is 17.5. The maximum atomic E-state index is 13.1. The summed E-state index contributed by atoms with van der Waals surface area (Å²) in [6.07, 6.45) is 3.22. The summed E-state index contributed by atoms with van der Waals surface area (Å²) >= 11 is 0. The van der Waals surface area contributed by atoms with Gasteiger partial charge in [-0.3, -0.25) is 14.6 Å². The number of fused-ring (bicyclic) bond motifs is 2. The molecule has 31 heavy (non-hydrogen) atoms. The number of benzene rings is 1. The van der Waals surface area contributed by atoms with Crippen LogP contribution >= 0.6 is 0 Å². The first-order valence-corrected chi connectivity index (χ1v) is 10.6. The van der Waals surface area contributed by atoms with Gasteiger partial charge in [0.15, 0.2) is 11.5 Å². The van der Waals surface area contributed by atoms with Crippen molar-refractivity contribution in [3.8, 4) is 11.5 Å². The summed E-state index contributed by atoms with van der Waals surface area (Å²) < 4.78 is 11.5. The van der Waals surface area contributed by atoms with Gasteiger partial charge in [0, 0.05) is 32.9 Å². The van der Waals surface area contributed by atoms with Gasteiger partial charge < -0.3 is 19.3 Å². The smallest absolute Gasteiger partial charge is 0.272 e. The lowest BCUT2D eigenvalue weighted by atomic mass is 9.92. The minimum Gasteiger partial charge on any atom is -0.493 e. The zero-order valence-electron chi connectivity index (χ0n) is 18.8. The van der Waals surface area contributed by atoms with Gasteiger partial charge in [-0.05, 0) is 56.5 Å². The van der Waals surface area contributed by atoms with Gasteiger partial charge in [-0.15, -0.1) is 0 Å². The van der Waals surface area contributed by atoms with Gasteiger partial charge in [-0.2, -0.15) is 0 Å². The predicted molar refractivity (Wildman–Crippen MR) is 118 cm³/mol. The van der Waals surface area contributed by atoms with Crippen molar-refractivity contribution in [2.24, 2.45) is 5.41 Å². The Morgan fingerprint density at radius 3 is 2.65 bits per heavy atom. The van der Waals surface area contributed by atoms with Crippen molar-refractivity contribution in [1.29, 1.82) is 0 Å². The Balaban J connectivity index is 1.92. The molecule has 0 radical (unpaired) electrons. The molecular formula is C24H31N3O4. The second-order valence-corrected chi connectivity index (χ2v) is 8.53. The van der Waals surface area contributed by atoms with E-state index in [4.69, 9.17) is 9.47 Å². The Kier molecular flexibility index (Phi) is 7.15. The van der Waals surface area contributed by atoms with Crippen LogP contribution in [0.2, 0.25) is 0 Å². The zero-order valence-corrected chi connectivity index (χ0v) is 18.8. The number of aromatic nitrogens is 1. The first kappa shape index (κ1) is 22.6. The van der Waals surface area contributed by atoms with Gasteiger partial charge in [0.05, 0.1) is 12.5 Å². The summed E-state index contributed by atoms with van der Waals surface area (Å²) in [5.74, 6) is 1.07. The topological polar surface area (TPSA) is 72.0 Å². The third-order valence-corrected chi connectivity index (χ3v) is 5.46. The van der Waals surface area contributed by atoms with Crippen LogP contribution < -0.4 is 9.47 Å². The van der Waals surface area contributed by atoms with Crippen molar-refractivity contribution < 1.29 is 19.1 Å². The molecule has 2 bridgehead atoms. The van der Waals surface area contributed by atoms with Crippen molar-refractivity contribution in [2.75, 3.05) is 33.9 Å². The number of amides is 2. The predicted octanol–water partition coefficient (Wildman–Crippen LogP) is 3.39. The van der Waals surface area contributed by atoms with Crippen molar-refractivity contribution in [3.05, 3.63) is 53.9 Å². The number of hydrogen-bond donors (Lipinski definition) is 0. The number of pyridine rings is 1. The molecule has 0 N–H and O–H groups in total. The zero-order chi connectivity index (χ0) is 22.4. The van der Waals surface area contributed by atoms with Crippen molar-refractivity contribution in [2.45, 2.75) is 33.2 Å². The van der Waals surface area contributed by atoms with Gasteiger partial charge in [0.1, 0.15) is 12.3 Å². The highest BCUT2D eigenvalue weighted by atomic mass is 16.5. The van der Waals surface area contributed by atoms with Crippen molar-refractivity contribution >= 4 is 11.8 Å². The lowest BCUT2D eigenvalue weighted by Gasteiger charge is -2.30. The molecule has 2 heterocycles. The molecule has 3 rings (SSSR count). The molecule has 0 unspecified atom stereocenters. The largest absolute Gasteiger partial charge is 0.493 e. The molecule has 7 heteroatoms. The molecule has 0 saturated heterocycles. The molecule has 1 aromatic carbocycles. The van der Waals surface area contributed by atoms with Crippen LogP contribution in [0, 0.1) is 5.41 Å². The fourth-order valence-electron chi connectivity index (χ4n) is 3.65. The third kappa shape index (κ3) is 5.54. The van der Waals surface area contributed by atoms with Gasteiger partial charge in [-0.25, -0.2) is 0 Å². The molecular weight excluding hydrogens is 394 g/mol. The standard InChI is InChI=1S/C24H31N3O4/c1-24(2)17-31-21-15-18(10-11-20(21)30-4)16-27(14-8-7-13-26(3)23(24)29)22(28)19-9-5-6-12-25-19/h5-6,9-12,15H,7-8,13-14,16-17H2,1-4H3. The van der Waals surface area contributed by atoms with Crippen LogP contribution in [0.25, 0.3) is 0 Å². The molecule has 0 saturated carbocycles. The fourth-order valence-corrected chi connectivity index (χ4v) is 3.65. The van der Waals surface area contributed by atoms with E-state index in [1.165, 1.54) is 0 Å².